The zero-order chi connectivity index (χ0) is 16.6. The molecule has 0 aliphatic rings. The minimum atomic E-state index is -1.38. The van der Waals surface area contributed by atoms with Crippen molar-refractivity contribution in [2.75, 3.05) is 0 Å². The largest absolute Gasteiger partial charge is 0.386 e. The predicted octanol–water partition coefficient (Wildman–Crippen LogP) is 2.72. The van der Waals surface area contributed by atoms with E-state index in [0.29, 0.717) is 11.1 Å². The summed E-state index contributed by atoms with van der Waals surface area (Å²) in [7, 11) is 0. The maximum atomic E-state index is 13.7. The Morgan fingerprint density at radius 2 is 1.87 bits per heavy atom. The summed E-state index contributed by atoms with van der Waals surface area (Å²) in [5, 5.41) is 15.5. The van der Waals surface area contributed by atoms with Crippen molar-refractivity contribution in [3.05, 3.63) is 75.7 Å². The van der Waals surface area contributed by atoms with Crippen molar-refractivity contribution < 1.29 is 13.9 Å². The van der Waals surface area contributed by atoms with E-state index < -0.39 is 17.7 Å². The number of benzene rings is 2. The average molecular weight is 316 g/mol. The number of aromatic nitrogens is 2. The summed E-state index contributed by atoms with van der Waals surface area (Å²) in [5.74, 6) is -1.39. The first-order valence-electron chi connectivity index (χ1n) is 7.07. The van der Waals surface area contributed by atoms with Crippen LogP contribution in [0.1, 0.15) is 17.4 Å². The minimum absolute atomic E-state index is 0.204. The van der Waals surface area contributed by atoms with Crippen molar-refractivity contribution in [1.29, 1.82) is 0 Å². The standard InChI is InChI=1S/C17H14F2N2O2/c1-10-12-4-2-3-5-13(12)17(23)21(20-10)9-16(22)14-8-11(18)6-7-15(14)19/h2-8,16,22H,9H2,1H3/t16-/m0/s1. The van der Waals surface area contributed by atoms with E-state index in [4.69, 9.17) is 0 Å². The highest BCUT2D eigenvalue weighted by Crippen LogP contribution is 2.20. The molecule has 23 heavy (non-hydrogen) atoms. The predicted molar refractivity (Wildman–Crippen MR) is 82.1 cm³/mol. The molecule has 0 saturated carbocycles. The van der Waals surface area contributed by atoms with E-state index in [0.717, 1.165) is 28.3 Å². The zero-order valence-electron chi connectivity index (χ0n) is 12.3. The Kier molecular flexibility index (Phi) is 3.92. The fourth-order valence-electron chi connectivity index (χ4n) is 2.56. The zero-order valence-corrected chi connectivity index (χ0v) is 12.3. The second-order valence-corrected chi connectivity index (χ2v) is 5.30. The second kappa shape index (κ2) is 5.89. The summed E-state index contributed by atoms with van der Waals surface area (Å²) >= 11 is 0. The topological polar surface area (TPSA) is 55.1 Å². The van der Waals surface area contributed by atoms with Crippen LogP contribution in [0.15, 0.2) is 47.3 Å². The molecule has 0 bridgehead atoms. The highest BCUT2D eigenvalue weighted by atomic mass is 19.1. The summed E-state index contributed by atoms with van der Waals surface area (Å²) in [6.07, 6.45) is -1.38. The van der Waals surface area contributed by atoms with Crippen LogP contribution in [0.5, 0.6) is 0 Å². The van der Waals surface area contributed by atoms with Crippen LogP contribution >= 0.6 is 0 Å². The molecule has 0 unspecified atom stereocenters. The fraction of sp³-hybridized carbons (Fsp3) is 0.176. The smallest absolute Gasteiger partial charge is 0.274 e. The van der Waals surface area contributed by atoms with E-state index in [2.05, 4.69) is 5.10 Å². The quantitative estimate of drug-likeness (QED) is 0.808. The second-order valence-electron chi connectivity index (χ2n) is 5.30. The molecule has 1 atom stereocenters. The molecule has 3 aromatic rings. The molecule has 0 aliphatic carbocycles. The number of fused-ring (bicyclic) bond motifs is 1. The van der Waals surface area contributed by atoms with Crippen LogP contribution in [0.4, 0.5) is 8.78 Å². The maximum absolute atomic E-state index is 13.7. The fourth-order valence-corrected chi connectivity index (χ4v) is 2.56. The van der Waals surface area contributed by atoms with Gasteiger partial charge < -0.3 is 5.11 Å². The molecular formula is C17H14F2N2O2. The van der Waals surface area contributed by atoms with Crippen molar-refractivity contribution in [2.24, 2.45) is 0 Å². The lowest BCUT2D eigenvalue weighted by atomic mass is 10.1. The van der Waals surface area contributed by atoms with Gasteiger partial charge in [-0.15, -0.1) is 0 Å². The van der Waals surface area contributed by atoms with Gasteiger partial charge in [-0.2, -0.15) is 5.10 Å². The van der Waals surface area contributed by atoms with Gasteiger partial charge in [-0.05, 0) is 31.2 Å². The van der Waals surface area contributed by atoms with E-state index in [1.54, 1.807) is 31.2 Å². The number of aliphatic hydroxyl groups is 1. The molecule has 0 spiro atoms. The molecule has 0 fully saturated rings. The van der Waals surface area contributed by atoms with E-state index in [9.17, 15) is 18.7 Å². The number of aliphatic hydroxyl groups excluding tert-OH is 1. The van der Waals surface area contributed by atoms with Crippen LogP contribution in [0.2, 0.25) is 0 Å². The van der Waals surface area contributed by atoms with E-state index in [-0.39, 0.29) is 17.7 Å². The normalized spacial score (nSPS) is 12.5. The lowest BCUT2D eigenvalue weighted by molar-refractivity contribution is 0.144. The van der Waals surface area contributed by atoms with Crippen LogP contribution in [0.25, 0.3) is 10.8 Å². The Labute approximate surface area is 130 Å². The van der Waals surface area contributed by atoms with Crippen molar-refractivity contribution >= 4 is 10.8 Å². The van der Waals surface area contributed by atoms with Crippen LogP contribution in [-0.4, -0.2) is 14.9 Å². The number of nitrogens with zero attached hydrogens (tertiary/aromatic N) is 2. The molecule has 0 aliphatic heterocycles. The monoisotopic (exact) mass is 316 g/mol. The van der Waals surface area contributed by atoms with Gasteiger partial charge in [-0.1, -0.05) is 18.2 Å². The number of hydrogen-bond donors (Lipinski definition) is 1. The summed E-state index contributed by atoms with van der Waals surface area (Å²) in [6.45, 7) is 1.48. The minimum Gasteiger partial charge on any atom is -0.386 e. The van der Waals surface area contributed by atoms with Crippen LogP contribution in [0.3, 0.4) is 0 Å². The van der Waals surface area contributed by atoms with Crippen molar-refractivity contribution in [3.8, 4) is 0 Å². The molecule has 1 heterocycles. The molecule has 6 heteroatoms. The van der Waals surface area contributed by atoms with Gasteiger partial charge in [0, 0.05) is 10.9 Å². The number of aryl methyl sites for hydroxylation is 1. The Bertz CT molecular complexity index is 938. The first-order chi connectivity index (χ1) is 11.0. The van der Waals surface area contributed by atoms with Gasteiger partial charge >= 0.3 is 0 Å². The third kappa shape index (κ3) is 2.85. The summed E-state index contributed by atoms with van der Waals surface area (Å²) in [4.78, 5) is 12.4. The maximum Gasteiger partial charge on any atom is 0.274 e. The van der Waals surface area contributed by atoms with Gasteiger partial charge in [-0.3, -0.25) is 4.79 Å². The van der Waals surface area contributed by atoms with Gasteiger partial charge in [0.25, 0.3) is 5.56 Å². The number of halogens is 2. The van der Waals surface area contributed by atoms with Gasteiger partial charge in [0.15, 0.2) is 0 Å². The van der Waals surface area contributed by atoms with E-state index in [1.165, 1.54) is 0 Å². The Balaban J connectivity index is 2.03. The Hall–Kier alpha value is -2.60. The molecule has 1 aromatic heterocycles. The van der Waals surface area contributed by atoms with Crippen molar-refractivity contribution in [2.45, 2.75) is 19.6 Å². The third-order valence-corrected chi connectivity index (χ3v) is 3.72. The first kappa shape index (κ1) is 15.3. The highest BCUT2D eigenvalue weighted by Gasteiger charge is 2.17. The molecular weight excluding hydrogens is 302 g/mol. The van der Waals surface area contributed by atoms with Crippen LogP contribution in [0, 0.1) is 18.6 Å². The Morgan fingerprint density at radius 3 is 2.61 bits per heavy atom. The van der Waals surface area contributed by atoms with Gasteiger partial charge in [0.05, 0.1) is 17.6 Å². The molecule has 3 rings (SSSR count). The van der Waals surface area contributed by atoms with Crippen LogP contribution in [-0.2, 0) is 6.54 Å². The molecule has 0 amide bonds. The molecule has 0 saturated heterocycles. The molecule has 118 valence electrons. The van der Waals surface area contributed by atoms with Crippen molar-refractivity contribution in [1.82, 2.24) is 9.78 Å². The summed E-state index contributed by atoms with van der Waals surface area (Å²) in [6, 6.07) is 9.81. The lowest BCUT2D eigenvalue weighted by Gasteiger charge is -2.14. The van der Waals surface area contributed by atoms with Crippen molar-refractivity contribution in [3.63, 3.8) is 0 Å². The molecule has 1 N–H and O–H groups in total. The summed E-state index contributed by atoms with van der Waals surface area (Å²) in [5.41, 5.74) is 0.0266. The highest BCUT2D eigenvalue weighted by molar-refractivity contribution is 5.83. The SMILES string of the molecule is Cc1nn(C[C@H](O)c2cc(F)ccc2F)c(=O)c2ccccc12. The Morgan fingerprint density at radius 1 is 1.17 bits per heavy atom. The molecule has 0 radical (unpaired) electrons. The molecule has 2 aromatic carbocycles. The number of rotatable bonds is 3. The third-order valence-electron chi connectivity index (χ3n) is 3.72. The van der Waals surface area contributed by atoms with Gasteiger partial charge in [-0.25, -0.2) is 13.5 Å². The lowest BCUT2D eigenvalue weighted by Crippen LogP contribution is -2.27. The van der Waals surface area contributed by atoms with Crippen LogP contribution < -0.4 is 5.56 Å². The average Bonchev–Trinajstić information content (AvgIpc) is 2.54. The van der Waals surface area contributed by atoms with Gasteiger partial charge in [0.2, 0.25) is 0 Å². The van der Waals surface area contributed by atoms with E-state index in [1.807, 2.05) is 0 Å². The van der Waals surface area contributed by atoms with E-state index >= 15 is 0 Å². The van der Waals surface area contributed by atoms with Gasteiger partial charge in [0.1, 0.15) is 17.7 Å². The molecule has 4 nitrogen and oxygen atoms in total. The first-order valence-corrected chi connectivity index (χ1v) is 7.07. The number of hydrogen-bond acceptors (Lipinski definition) is 3. The summed E-state index contributed by atoms with van der Waals surface area (Å²) < 4.78 is 28.0.